The molecule has 1 aromatic rings. The van der Waals surface area contributed by atoms with Gasteiger partial charge in [0.2, 0.25) is 0 Å². The minimum atomic E-state index is -0.267. The molecule has 0 amide bonds. The van der Waals surface area contributed by atoms with E-state index in [0.29, 0.717) is 23.1 Å². The first kappa shape index (κ1) is 15.1. The van der Waals surface area contributed by atoms with Crippen molar-refractivity contribution in [2.75, 3.05) is 19.7 Å². The second kappa shape index (κ2) is 5.98. The zero-order valence-corrected chi connectivity index (χ0v) is 12.7. The summed E-state index contributed by atoms with van der Waals surface area (Å²) >= 11 is 12.2. The number of ether oxygens (including phenoxy) is 1. The number of aliphatic hydroxyl groups excluding tert-OH is 1. The summed E-state index contributed by atoms with van der Waals surface area (Å²) in [5.41, 5.74) is 0.736. The highest BCUT2D eigenvalue weighted by atomic mass is 35.5. The number of rotatable bonds is 3. The molecule has 0 aromatic heterocycles. The summed E-state index contributed by atoms with van der Waals surface area (Å²) < 4.78 is 5.79. The molecule has 0 spiro atoms. The van der Waals surface area contributed by atoms with Gasteiger partial charge in [-0.2, -0.15) is 0 Å². The topological polar surface area (TPSA) is 32.7 Å². The summed E-state index contributed by atoms with van der Waals surface area (Å²) in [5.74, 6) is 0. The molecule has 1 aromatic carbocycles. The van der Waals surface area contributed by atoms with E-state index in [4.69, 9.17) is 27.9 Å². The third-order valence-corrected chi connectivity index (χ3v) is 4.04. The first-order valence-electron chi connectivity index (χ1n) is 6.35. The smallest absolute Gasteiger partial charge is 0.0940 e. The van der Waals surface area contributed by atoms with Gasteiger partial charge in [-0.1, -0.05) is 35.3 Å². The van der Waals surface area contributed by atoms with Crippen LogP contribution in [0.1, 0.15) is 19.4 Å². The van der Waals surface area contributed by atoms with Gasteiger partial charge in [0.15, 0.2) is 0 Å². The van der Waals surface area contributed by atoms with Gasteiger partial charge in [0, 0.05) is 19.6 Å². The molecule has 1 saturated heterocycles. The van der Waals surface area contributed by atoms with Crippen molar-refractivity contribution in [1.82, 2.24) is 4.90 Å². The Morgan fingerprint density at radius 2 is 2.16 bits per heavy atom. The van der Waals surface area contributed by atoms with Crippen molar-refractivity contribution in [2.24, 2.45) is 0 Å². The Morgan fingerprint density at radius 1 is 1.42 bits per heavy atom. The standard InChI is InChI=1S/C14H19Cl2NO2/c1-14(2)9-17(7-11(8-18)19-14)6-10-4-3-5-12(15)13(10)16/h3-5,11,18H,6-9H2,1-2H3. The normalized spacial score (nSPS) is 23.5. The highest BCUT2D eigenvalue weighted by molar-refractivity contribution is 6.42. The SMILES string of the molecule is CC1(C)CN(Cc2cccc(Cl)c2Cl)CC(CO)O1. The highest BCUT2D eigenvalue weighted by Crippen LogP contribution is 2.28. The average Bonchev–Trinajstić information content (AvgIpc) is 2.33. The maximum atomic E-state index is 9.31. The molecule has 19 heavy (non-hydrogen) atoms. The van der Waals surface area contributed by atoms with Crippen LogP contribution in [0.2, 0.25) is 10.0 Å². The van der Waals surface area contributed by atoms with Gasteiger partial charge in [0.05, 0.1) is 28.4 Å². The molecule has 1 atom stereocenters. The monoisotopic (exact) mass is 303 g/mol. The molecule has 0 bridgehead atoms. The van der Waals surface area contributed by atoms with Crippen molar-refractivity contribution in [3.8, 4) is 0 Å². The average molecular weight is 304 g/mol. The van der Waals surface area contributed by atoms with Gasteiger partial charge in [-0.05, 0) is 25.5 Å². The van der Waals surface area contributed by atoms with Crippen LogP contribution in [0.4, 0.5) is 0 Å². The second-order valence-electron chi connectivity index (χ2n) is 5.56. The summed E-state index contributed by atoms with van der Waals surface area (Å²) in [5, 5.41) is 10.5. The molecule has 0 radical (unpaired) electrons. The maximum absolute atomic E-state index is 9.31. The van der Waals surface area contributed by atoms with Gasteiger partial charge >= 0.3 is 0 Å². The molecule has 1 aliphatic heterocycles. The van der Waals surface area contributed by atoms with E-state index in [0.717, 1.165) is 12.1 Å². The lowest BCUT2D eigenvalue weighted by molar-refractivity contribution is -0.150. The fourth-order valence-corrected chi connectivity index (χ4v) is 2.92. The third-order valence-electron chi connectivity index (χ3n) is 3.18. The number of morpholine rings is 1. The molecular weight excluding hydrogens is 285 g/mol. The molecule has 2 rings (SSSR count). The number of aliphatic hydroxyl groups is 1. The van der Waals surface area contributed by atoms with Crippen LogP contribution in [-0.2, 0) is 11.3 Å². The van der Waals surface area contributed by atoms with E-state index in [2.05, 4.69) is 4.90 Å². The highest BCUT2D eigenvalue weighted by Gasteiger charge is 2.33. The Morgan fingerprint density at radius 3 is 2.84 bits per heavy atom. The van der Waals surface area contributed by atoms with Crippen LogP contribution in [0, 0.1) is 0 Å². The summed E-state index contributed by atoms with van der Waals surface area (Å²) in [7, 11) is 0. The number of halogens is 2. The van der Waals surface area contributed by atoms with Crippen molar-refractivity contribution in [2.45, 2.75) is 32.1 Å². The van der Waals surface area contributed by atoms with E-state index in [1.54, 1.807) is 6.07 Å². The van der Waals surface area contributed by atoms with Gasteiger partial charge in [-0.3, -0.25) is 4.90 Å². The molecule has 1 N–H and O–H groups in total. The van der Waals surface area contributed by atoms with Gasteiger partial charge in [-0.25, -0.2) is 0 Å². The van der Waals surface area contributed by atoms with E-state index in [1.165, 1.54) is 0 Å². The Kier molecular flexibility index (Phi) is 4.75. The fraction of sp³-hybridized carbons (Fsp3) is 0.571. The predicted molar refractivity (Wildman–Crippen MR) is 77.8 cm³/mol. The van der Waals surface area contributed by atoms with Crippen LogP contribution in [0.25, 0.3) is 0 Å². The molecule has 5 heteroatoms. The number of nitrogens with zero attached hydrogens (tertiary/aromatic N) is 1. The minimum absolute atomic E-state index is 0.0310. The number of hydrogen-bond donors (Lipinski definition) is 1. The molecule has 1 aliphatic rings. The van der Waals surface area contributed by atoms with Crippen LogP contribution in [0.15, 0.2) is 18.2 Å². The van der Waals surface area contributed by atoms with Gasteiger partial charge in [0.25, 0.3) is 0 Å². The second-order valence-corrected chi connectivity index (χ2v) is 6.35. The zero-order chi connectivity index (χ0) is 14.0. The summed E-state index contributed by atoms with van der Waals surface area (Å²) in [6, 6.07) is 5.66. The van der Waals surface area contributed by atoms with Crippen molar-refractivity contribution in [3.05, 3.63) is 33.8 Å². The number of hydrogen-bond acceptors (Lipinski definition) is 3. The van der Waals surface area contributed by atoms with E-state index in [9.17, 15) is 5.11 Å². The van der Waals surface area contributed by atoms with E-state index in [-0.39, 0.29) is 18.3 Å². The van der Waals surface area contributed by atoms with Crippen molar-refractivity contribution in [1.29, 1.82) is 0 Å². The molecular formula is C14H19Cl2NO2. The molecule has 0 saturated carbocycles. The lowest BCUT2D eigenvalue weighted by atomic mass is 10.0. The molecule has 1 unspecified atom stereocenters. The van der Waals surface area contributed by atoms with Gasteiger partial charge in [0.1, 0.15) is 0 Å². The largest absolute Gasteiger partial charge is 0.394 e. The van der Waals surface area contributed by atoms with Gasteiger partial charge < -0.3 is 9.84 Å². The molecule has 0 aliphatic carbocycles. The van der Waals surface area contributed by atoms with E-state index < -0.39 is 0 Å². The Bertz CT molecular complexity index is 451. The van der Waals surface area contributed by atoms with Crippen LogP contribution >= 0.6 is 23.2 Å². The zero-order valence-electron chi connectivity index (χ0n) is 11.2. The predicted octanol–water partition coefficient (Wildman–Crippen LogP) is 2.97. The Labute approximate surface area is 124 Å². The van der Waals surface area contributed by atoms with Gasteiger partial charge in [-0.15, -0.1) is 0 Å². The lowest BCUT2D eigenvalue weighted by Crippen LogP contribution is -2.53. The quantitative estimate of drug-likeness (QED) is 0.932. The fourth-order valence-electron chi connectivity index (χ4n) is 2.54. The van der Waals surface area contributed by atoms with Crippen LogP contribution < -0.4 is 0 Å². The Hall–Kier alpha value is -0.320. The van der Waals surface area contributed by atoms with Crippen LogP contribution in [0.3, 0.4) is 0 Å². The molecule has 106 valence electrons. The summed E-state index contributed by atoms with van der Waals surface area (Å²) in [6.07, 6.45) is -0.151. The third kappa shape index (κ3) is 3.83. The van der Waals surface area contributed by atoms with Crippen LogP contribution in [-0.4, -0.2) is 41.4 Å². The maximum Gasteiger partial charge on any atom is 0.0940 e. The first-order valence-corrected chi connectivity index (χ1v) is 7.11. The van der Waals surface area contributed by atoms with Crippen molar-refractivity contribution >= 4 is 23.2 Å². The molecule has 3 nitrogen and oxygen atoms in total. The number of benzene rings is 1. The van der Waals surface area contributed by atoms with Crippen molar-refractivity contribution < 1.29 is 9.84 Å². The van der Waals surface area contributed by atoms with E-state index >= 15 is 0 Å². The summed E-state index contributed by atoms with van der Waals surface area (Å²) in [4.78, 5) is 2.24. The molecule has 1 heterocycles. The van der Waals surface area contributed by atoms with Crippen LogP contribution in [0.5, 0.6) is 0 Å². The minimum Gasteiger partial charge on any atom is -0.394 e. The lowest BCUT2D eigenvalue weighted by Gasteiger charge is -2.42. The molecule has 1 fully saturated rings. The van der Waals surface area contributed by atoms with E-state index in [1.807, 2.05) is 26.0 Å². The Balaban J connectivity index is 2.11. The van der Waals surface area contributed by atoms with Crippen molar-refractivity contribution in [3.63, 3.8) is 0 Å². The summed E-state index contributed by atoms with van der Waals surface area (Å²) in [6.45, 7) is 6.30. The first-order chi connectivity index (χ1) is 8.91.